The van der Waals surface area contributed by atoms with Gasteiger partial charge in [-0.2, -0.15) is 0 Å². The molecule has 1 aliphatic rings. The molecule has 3 rings (SSSR count). The summed E-state index contributed by atoms with van der Waals surface area (Å²) in [4.78, 5) is 4.63. The molecule has 20 heavy (non-hydrogen) atoms. The number of nitrogens with one attached hydrogen (secondary N) is 1. The third-order valence-corrected chi connectivity index (χ3v) is 4.55. The maximum absolute atomic E-state index is 4.63. The van der Waals surface area contributed by atoms with Gasteiger partial charge in [0.15, 0.2) is 0 Å². The molecule has 1 fully saturated rings. The summed E-state index contributed by atoms with van der Waals surface area (Å²) in [5.74, 6) is 1.02. The van der Waals surface area contributed by atoms with Gasteiger partial charge in [0.05, 0.1) is 0 Å². The first-order valence-corrected chi connectivity index (χ1v) is 7.92. The Morgan fingerprint density at radius 3 is 2.85 bits per heavy atom. The summed E-state index contributed by atoms with van der Waals surface area (Å²) in [6.07, 6.45) is 3.05. The summed E-state index contributed by atoms with van der Waals surface area (Å²) in [7, 11) is 0. The standard InChI is InChI=1S/C17H19BrN2/c1-12-3-2-4-13(9-12)16-11-19-8-7-15(16)17-6-5-14(18)10-20-17/h2-6,9-10,15-16,19H,7-8,11H2,1H3. The van der Waals surface area contributed by atoms with Crippen LogP contribution in [0.3, 0.4) is 0 Å². The molecule has 2 aromatic rings. The molecule has 1 aromatic heterocycles. The highest BCUT2D eigenvalue weighted by molar-refractivity contribution is 9.10. The van der Waals surface area contributed by atoms with E-state index in [1.165, 1.54) is 16.8 Å². The van der Waals surface area contributed by atoms with Gasteiger partial charge >= 0.3 is 0 Å². The van der Waals surface area contributed by atoms with E-state index in [9.17, 15) is 0 Å². The lowest BCUT2D eigenvalue weighted by Gasteiger charge is -2.32. The van der Waals surface area contributed by atoms with Crippen LogP contribution in [-0.4, -0.2) is 18.1 Å². The first kappa shape index (κ1) is 13.8. The van der Waals surface area contributed by atoms with Crippen molar-refractivity contribution in [1.29, 1.82) is 0 Å². The lowest BCUT2D eigenvalue weighted by Crippen LogP contribution is -2.34. The van der Waals surface area contributed by atoms with Gasteiger partial charge in [0.2, 0.25) is 0 Å². The summed E-state index contributed by atoms with van der Waals surface area (Å²) in [6.45, 7) is 4.27. The minimum atomic E-state index is 0.506. The zero-order valence-corrected chi connectivity index (χ0v) is 13.2. The van der Waals surface area contributed by atoms with E-state index < -0.39 is 0 Å². The summed E-state index contributed by atoms with van der Waals surface area (Å²) in [5, 5.41) is 3.53. The number of halogens is 1. The van der Waals surface area contributed by atoms with E-state index in [4.69, 9.17) is 0 Å². The smallest absolute Gasteiger partial charge is 0.0442 e. The zero-order chi connectivity index (χ0) is 13.9. The van der Waals surface area contributed by atoms with Gasteiger partial charge in [-0.05, 0) is 53.5 Å². The van der Waals surface area contributed by atoms with Crippen molar-refractivity contribution in [2.75, 3.05) is 13.1 Å². The maximum Gasteiger partial charge on any atom is 0.0442 e. The van der Waals surface area contributed by atoms with Crippen molar-refractivity contribution in [3.05, 3.63) is 63.9 Å². The normalized spacial score (nSPS) is 22.7. The van der Waals surface area contributed by atoms with E-state index in [0.29, 0.717) is 11.8 Å². The molecule has 2 unspecified atom stereocenters. The van der Waals surface area contributed by atoms with E-state index in [2.05, 4.69) is 69.6 Å². The molecule has 1 aliphatic heterocycles. The largest absolute Gasteiger partial charge is 0.316 e. The van der Waals surface area contributed by atoms with Crippen molar-refractivity contribution in [2.24, 2.45) is 0 Å². The Balaban J connectivity index is 1.93. The van der Waals surface area contributed by atoms with Crippen LogP contribution in [0.15, 0.2) is 47.1 Å². The summed E-state index contributed by atoms with van der Waals surface area (Å²) in [5.41, 5.74) is 3.96. The fourth-order valence-electron chi connectivity index (χ4n) is 3.07. The second kappa shape index (κ2) is 6.06. The molecule has 2 atom stereocenters. The number of hydrogen-bond acceptors (Lipinski definition) is 2. The molecule has 3 heteroatoms. The van der Waals surface area contributed by atoms with Crippen LogP contribution in [0.2, 0.25) is 0 Å². The SMILES string of the molecule is Cc1cccc(C2CNCCC2c2ccc(Br)cn2)c1. The third kappa shape index (κ3) is 2.94. The van der Waals surface area contributed by atoms with Crippen molar-refractivity contribution in [3.8, 4) is 0 Å². The second-order valence-corrected chi connectivity index (χ2v) is 6.44. The van der Waals surface area contributed by atoms with E-state index in [0.717, 1.165) is 24.0 Å². The Morgan fingerprint density at radius 1 is 1.20 bits per heavy atom. The fourth-order valence-corrected chi connectivity index (χ4v) is 3.30. The molecule has 1 N–H and O–H groups in total. The molecule has 0 aliphatic carbocycles. The molecule has 1 saturated heterocycles. The molecule has 2 nitrogen and oxygen atoms in total. The van der Waals surface area contributed by atoms with Crippen LogP contribution in [0, 0.1) is 6.92 Å². The van der Waals surface area contributed by atoms with Crippen LogP contribution in [-0.2, 0) is 0 Å². The monoisotopic (exact) mass is 330 g/mol. The topological polar surface area (TPSA) is 24.9 Å². The van der Waals surface area contributed by atoms with Crippen molar-refractivity contribution in [2.45, 2.75) is 25.2 Å². The van der Waals surface area contributed by atoms with E-state index in [1.807, 2.05) is 6.20 Å². The Morgan fingerprint density at radius 2 is 2.10 bits per heavy atom. The number of rotatable bonds is 2. The molecule has 0 radical (unpaired) electrons. The molecular weight excluding hydrogens is 312 g/mol. The molecule has 104 valence electrons. The number of hydrogen-bond donors (Lipinski definition) is 1. The van der Waals surface area contributed by atoms with Crippen LogP contribution >= 0.6 is 15.9 Å². The Labute approximate surface area is 128 Å². The predicted octanol–water partition coefficient (Wildman–Crippen LogP) is 4.01. The lowest BCUT2D eigenvalue weighted by atomic mass is 9.79. The molecular formula is C17H19BrN2. The summed E-state index contributed by atoms with van der Waals surface area (Å²) in [6, 6.07) is 13.1. The quantitative estimate of drug-likeness (QED) is 0.899. The van der Waals surface area contributed by atoms with Gasteiger partial charge in [-0.3, -0.25) is 4.98 Å². The molecule has 0 spiro atoms. The number of aryl methyl sites for hydroxylation is 1. The van der Waals surface area contributed by atoms with Crippen molar-refractivity contribution >= 4 is 15.9 Å². The van der Waals surface area contributed by atoms with Gasteiger partial charge in [0, 0.05) is 34.7 Å². The maximum atomic E-state index is 4.63. The number of piperidine rings is 1. The Hall–Kier alpha value is -1.19. The van der Waals surface area contributed by atoms with Crippen molar-refractivity contribution in [3.63, 3.8) is 0 Å². The number of nitrogens with zero attached hydrogens (tertiary/aromatic N) is 1. The van der Waals surface area contributed by atoms with E-state index in [-0.39, 0.29) is 0 Å². The first-order valence-electron chi connectivity index (χ1n) is 7.13. The average Bonchev–Trinajstić information content (AvgIpc) is 2.48. The minimum absolute atomic E-state index is 0.506. The number of aromatic nitrogens is 1. The van der Waals surface area contributed by atoms with Crippen LogP contribution in [0.1, 0.15) is 35.1 Å². The third-order valence-electron chi connectivity index (χ3n) is 4.08. The van der Waals surface area contributed by atoms with Gasteiger partial charge in [-0.1, -0.05) is 29.8 Å². The van der Waals surface area contributed by atoms with Gasteiger partial charge in [0.1, 0.15) is 0 Å². The van der Waals surface area contributed by atoms with Crippen LogP contribution < -0.4 is 5.32 Å². The summed E-state index contributed by atoms with van der Waals surface area (Å²) >= 11 is 3.46. The minimum Gasteiger partial charge on any atom is -0.316 e. The Kier molecular flexibility index (Phi) is 4.18. The highest BCUT2D eigenvalue weighted by Gasteiger charge is 2.28. The second-order valence-electron chi connectivity index (χ2n) is 5.52. The molecule has 0 amide bonds. The highest BCUT2D eigenvalue weighted by atomic mass is 79.9. The fraction of sp³-hybridized carbons (Fsp3) is 0.353. The van der Waals surface area contributed by atoms with Crippen LogP contribution in [0.25, 0.3) is 0 Å². The Bertz CT molecular complexity index is 580. The predicted molar refractivity (Wildman–Crippen MR) is 86.1 cm³/mol. The van der Waals surface area contributed by atoms with Gasteiger partial charge < -0.3 is 5.32 Å². The lowest BCUT2D eigenvalue weighted by molar-refractivity contribution is 0.398. The number of pyridine rings is 1. The first-order chi connectivity index (χ1) is 9.74. The van der Waals surface area contributed by atoms with E-state index in [1.54, 1.807) is 0 Å². The average molecular weight is 331 g/mol. The molecule has 0 bridgehead atoms. The highest BCUT2D eigenvalue weighted by Crippen LogP contribution is 2.36. The van der Waals surface area contributed by atoms with Crippen LogP contribution in [0.4, 0.5) is 0 Å². The van der Waals surface area contributed by atoms with Crippen molar-refractivity contribution < 1.29 is 0 Å². The van der Waals surface area contributed by atoms with Gasteiger partial charge in [0.25, 0.3) is 0 Å². The molecule has 2 heterocycles. The molecule has 0 saturated carbocycles. The number of benzene rings is 1. The zero-order valence-electron chi connectivity index (χ0n) is 11.6. The van der Waals surface area contributed by atoms with E-state index >= 15 is 0 Å². The van der Waals surface area contributed by atoms with Gasteiger partial charge in [-0.25, -0.2) is 0 Å². The van der Waals surface area contributed by atoms with Gasteiger partial charge in [-0.15, -0.1) is 0 Å². The molecule has 1 aromatic carbocycles. The summed E-state index contributed by atoms with van der Waals surface area (Å²) < 4.78 is 1.04. The van der Waals surface area contributed by atoms with Crippen molar-refractivity contribution in [1.82, 2.24) is 10.3 Å². The van der Waals surface area contributed by atoms with Crippen LogP contribution in [0.5, 0.6) is 0 Å².